The average Bonchev–Trinajstić information content (AvgIpc) is 2.81. The van der Waals surface area contributed by atoms with Crippen LogP contribution in [0.4, 0.5) is 5.69 Å². The minimum Gasteiger partial charge on any atom is -0.493 e. The molecule has 1 saturated heterocycles. The van der Waals surface area contributed by atoms with E-state index in [0.717, 1.165) is 49.8 Å². The zero-order valence-electron chi connectivity index (χ0n) is 18.8. The summed E-state index contributed by atoms with van der Waals surface area (Å²) >= 11 is 0. The Labute approximate surface area is 186 Å². The second kappa shape index (κ2) is 9.88. The molecule has 0 saturated carbocycles. The van der Waals surface area contributed by atoms with Gasteiger partial charge in [-0.3, -0.25) is 4.90 Å². The van der Waals surface area contributed by atoms with Crippen molar-refractivity contribution in [1.29, 1.82) is 0 Å². The van der Waals surface area contributed by atoms with Gasteiger partial charge in [-0.2, -0.15) is 0 Å². The summed E-state index contributed by atoms with van der Waals surface area (Å²) in [5.41, 5.74) is 6.54. The number of rotatable bonds is 7. The Bertz CT molecular complexity index is 995. The van der Waals surface area contributed by atoms with Crippen molar-refractivity contribution >= 4 is 5.69 Å². The van der Waals surface area contributed by atoms with Crippen LogP contribution in [0.3, 0.4) is 0 Å². The first kappa shape index (κ1) is 21.3. The standard InChI is InChI=1S/C27H32N2O2/c1-21-8-7-11-25(22(21)2)29-16-14-28(15-17-29)19-24-12-13-26(27(18-24)30-3)31-20-23-9-5-4-6-10-23/h4-13,18H,14-17,19-20H2,1-3H3. The minimum atomic E-state index is 0.539. The summed E-state index contributed by atoms with van der Waals surface area (Å²) in [4.78, 5) is 5.03. The van der Waals surface area contributed by atoms with Crippen LogP contribution in [0.25, 0.3) is 0 Å². The lowest BCUT2D eigenvalue weighted by Crippen LogP contribution is -2.46. The predicted octanol–water partition coefficient (Wildman–Crippen LogP) is 5.21. The fourth-order valence-electron chi connectivity index (χ4n) is 4.15. The van der Waals surface area contributed by atoms with Crippen molar-refractivity contribution in [2.24, 2.45) is 0 Å². The number of hydrogen-bond donors (Lipinski definition) is 0. The fourth-order valence-corrected chi connectivity index (χ4v) is 4.15. The van der Waals surface area contributed by atoms with Gasteiger partial charge in [0.25, 0.3) is 0 Å². The Morgan fingerprint density at radius 2 is 1.55 bits per heavy atom. The Hall–Kier alpha value is -2.98. The van der Waals surface area contributed by atoms with E-state index in [1.54, 1.807) is 7.11 Å². The second-order valence-electron chi connectivity index (χ2n) is 8.24. The van der Waals surface area contributed by atoms with Gasteiger partial charge in [0.05, 0.1) is 7.11 Å². The van der Waals surface area contributed by atoms with E-state index in [9.17, 15) is 0 Å². The van der Waals surface area contributed by atoms with Crippen LogP contribution < -0.4 is 14.4 Å². The summed E-state index contributed by atoms with van der Waals surface area (Å²) in [7, 11) is 1.71. The molecule has 4 nitrogen and oxygen atoms in total. The third-order valence-electron chi connectivity index (χ3n) is 6.16. The molecule has 0 atom stereocenters. The summed E-state index contributed by atoms with van der Waals surface area (Å²) in [6.45, 7) is 10.1. The summed E-state index contributed by atoms with van der Waals surface area (Å²) in [5, 5.41) is 0. The summed E-state index contributed by atoms with van der Waals surface area (Å²) < 4.78 is 11.6. The van der Waals surface area contributed by atoms with Crippen LogP contribution in [0.1, 0.15) is 22.3 Å². The molecule has 1 aliphatic heterocycles. The van der Waals surface area contributed by atoms with Gasteiger partial charge in [0.15, 0.2) is 11.5 Å². The third kappa shape index (κ3) is 5.20. The Balaban J connectivity index is 1.35. The van der Waals surface area contributed by atoms with Gasteiger partial charge in [-0.25, -0.2) is 0 Å². The van der Waals surface area contributed by atoms with Crippen LogP contribution in [-0.2, 0) is 13.2 Å². The van der Waals surface area contributed by atoms with Crippen LogP contribution in [0.15, 0.2) is 66.7 Å². The number of aryl methyl sites for hydroxylation is 1. The lowest BCUT2D eigenvalue weighted by molar-refractivity contribution is 0.248. The second-order valence-corrected chi connectivity index (χ2v) is 8.24. The molecule has 4 rings (SSSR count). The van der Waals surface area contributed by atoms with E-state index in [4.69, 9.17) is 9.47 Å². The lowest BCUT2D eigenvalue weighted by Gasteiger charge is -2.37. The Morgan fingerprint density at radius 1 is 0.774 bits per heavy atom. The number of hydrogen-bond acceptors (Lipinski definition) is 4. The molecule has 0 aliphatic carbocycles. The predicted molar refractivity (Wildman–Crippen MR) is 127 cm³/mol. The number of piperazine rings is 1. The van der Waals surface area contributed by atoms with Gasteiger partial charge in [0.1, 0.15) is 6.61 Å². The number of nitrogens with zero attached hydrogens (tertiary/aromatic N) is 2. The molecular weight excluding hydrogens is 384 g/mol. The smallest absolute Gasteiger partial charge is 0.161 e. The lowest BCUT2D eigenvalue weighted by atomic mass is 10.1. The molecule has 0 aromatic heterocycles. The van der Waals surface area contributed by atoms with Crippen LogP contribution >= 0.6 is 0 Å². The molecule has 0 unspecified atom stereocenters. The molecule has 162 valence electrons. The monoisotopic (exact) mass is 416 g/mol. The SMILES string of the molecule is COc1cc(CN2CCN(c3cccc(C)c3C)CC2)ccc1OCc1ccccc1. The maximum Gasteiger partial charge on any atom is 0.161 e. The normalized spacial score (nSPS) is 14.5. The molecule has 0 N–H and O–H groups in total. The maximum absolute atomic E-state index is 6.00. The van der Waals surface area contributed by atoms with Gasteiger partial charge in [-0.05, 0) is 54.3 Å². The summed E-state index contributed by atoms with van der Waals surface area (Å²) in [6.07, 6.45) is 0. The zero-order chi connectivity index (χ0) is 21.6. The van der Waals surface area contributed by atoms with Gasteiger partial charge in [-0.1, -0.05) is 48.5 Å². The average molecular weight is 417 g/mol. The van der Waals surface area contributed by atoms with Gasteiger partial charge in [-0.15, -0.1) is 0 Å². The van der Waals surface area contributed by atoms with Gasteiger partial charge in [0, 0.05) is 38.4 Å². The van der Waals surface area contributed by atoms with Gasteiger partial charge in [0.2, 0.25) is 0 Å². The van der Waals surface area contributed by atoms with Crippen molar-refractivity contribution < 1.29 is 9.47 Å². The molecule has 0 spiro atoms. The first-order valence-corrected chi connectivity index (χ1v) is 11.0. The zero-order valence-corrected chi connectivity index (χ0v) is 18.8. The highest BCUT2D eigenvalue weighted by atomic mass is 16.5. The molecule has 3 aromatic carbocycles. The molecule has 31 heavy (non-hydrogen) atoms. The molecule has 0 bridgehead atoms. The molecular formula is C27H32N2O2. The van der Waals surface area contributed by atoms with Crippen molar-refractivity contribution in [2.45, 2.75) is 27.0 Å². The van der Waals surface area contributed by atoms with Crippen molar-refractivity contribution in [3.63, 3.8) is 0 Å². The van der Waals surface area contributed by atoms with E-state index in [1.807, 2.05) is 24.3 Å². The van der Waals surface area contributed by atoms with Crippen molar-refractivity contribution in [2.75, 3.05) is 38.2 Å². The third-order valence-corrected chi connectivity index (χ3v) is 6.16. The Kier molecular flexibility index (Phi) is 6.78. The highest BCUT2D eigenvalue weighted by Crippen LogP contribution is 2.30. The van der Waals surface area contributed by atoms with Gasteiger partial charge < -0.3 is 14.4 Å². The fraction of sp³-hybridized carbons (Fsp3) is 0.333. The van der Waals surface area contributed by atoms with E-state index in [2.05, 4.69) is 66.1 Å². The van der Waals surface area contributed by atoms with Crippen LogP contribution in [0.5, 0.6) is 11.5 Å². The molecule has 4 heteroatoms. The van der Waals surface area contributed by atoms with Crippen molar-refractivity contribution in [1.82, 2.24) is 4.90 Å². The van der Waals surface area contributed by atoms with E-state index in [-0.39, 0.29) is 0 Å². The largest absolute Gasteiger partial charge is 0.493 e. The minimum absolute atomic E-state index is 0.539. The van der Waals surface area contributed by atoms with E-state index in [0.29, 0.717) is 6.61 Å². The molecule has 0 amide bonds. The first-order valence-electron chi connectivity index (χ1n) is 11.0. The van der Waals surface area contributed by atoms with Crippen LogP contribution in [0, 0.1) is 13.8 Å². The number of benzene rings is 3. The van der Waals surface area contributed by atoms with E-state index < -0.39 is 0 Å². The summed E-state index contributed by atoms with van der Waals surface area (Å²) in [5.74, 6) is 1.58. The molecule has 1 heterocycles. The molecule has 3 aromatic rings. The van der Waals surface area contributed by atoms with E-state index in [1.165, 1.54) is 22.4 Å². The van der Waals surface area contributed by atoms with Crippen LogP contribution in [-0.4, -0.2) is 38.2 Å². The van der Waals surface area contributed by atoms with Crippen molar-refractivity contribution in [3.8, 4) is 11.5 Å². The number of anilines is 1. The number of ether oxygens (including phenoxy) is 2. The molecule has 1 fully saturated rings. The highest BCUT2D eigenvalue weighted by Gasteiger charge is 2.19. The molecule has 1 aliphatic rings. The summed E-state index contributed by atoms with van der Waals surface area (Å²) in [6, 6.07) is 23.1. The number of methoxy groups -OCH3 is 1. The van der Waals surface area contributed by atoms with Gasteiger partial charge >= 0.3 is 0 Å². The topological polar surface area (TPSA) is 24.9 Å². The molecule has 0 radical (unpaired) electrons. The van der Waals surface area contributed by atoms with Crippen LogP contribution in [0.2, 0.25) is 0 Å². The quantitative estimate of drug-likeness (QED) is 0.528. The van der Waals surface area contributed by atoms with E-state index >= 15 is 0 Å². The highest BCUT2D eigenvalue weighted by molar-refractivity contribution is 5.56. The Morgan fingerprint density at radius 3 is 2.29 bits per heavy atom. The maximum atomic E-state index is 6.00. The first-order chi connectivity index (χ1) is 15.1. The van der Waals surface area contributed by atoms with Crippen molar-refractivity contribution in [3.05, 3.63) is 89.0 Å².